The van der Waals surface area contributed by atoms with Gasteiger partial charge in [0.1, 0.15) is 11.6 Å². The Morgan fingerprint density at radius 1 is 1.55 bits per heavy atom. The van der Waals surface area contributed by atoms with E-state index in [2.05, 4.69) is 5.32 Å². The Bertz CT molecular complexity index is 589. The maximum absolute atomic E-state index is 11.8. The molecule has 2 N–H and O–H groups in total. The van der Waals surface area contributed by atoms with Crippen LogP contribution in [0.5, 0.6) is 11.5 Å². The van der Waals surface area contributed by atoms with Gasteiger partial charge in [-0.15, -0.1) is 0 Å². The number of aromatic hydroxyl groups is 1. The Balaban J connectivity index is 3.17. The highest BCUT2D eigenvalue weighted by atomic mass is 35.5. The van der Waals surface area contributed by atoms with Gasteiger partial charge in [0.2, 0.25) is 0 Å². The lowest BCUT2D eigenvalue weighted by Gasteiger charge is -2.08. The number of nitrogens with one attached hydrogen (secondary N) is 1. The van der Waals surface area contributed by atoms with Crippen LogP contribution >= 0.6 is 11.6 Å². The van der Waals surface area contributed by atoms with E-state index in [4.69, 9.17) is 21.6 Å². The molecule has 0 heterocycles. The molecule has 0 saturated heterocycles. The van der Waals surface area contributed by atoms with Crippen molar-refractivity contribution in [2.75, 3.05) is 7.11 Å². The first-order valence-electron chi connectivity index (χ1n) is 5.88. The van der Waals surface area contributed by atoms with Crippen molar-refractivity contribution < 1.29 is 14.6 Å². The Morgan fingerprint density at radius 2 is 2.20 bits per heavy atom. The highest BCUT2D eigenvalue weighted by Crippen LogP contribution is 2.35. The number of halogens is 1. The Hall–Kier alpha value is -2.19. The van der Waals surface area contributed by atoms with Crippen molar-refractivity contribution in [2.24, 2.45) is 0 Å². The molecule has 0 unspecified atom stereocenters. The van der Waals surface area contributed by atoms with Crippen LogP contribution in [-0.4, -0.2) is 24.2 Å². The summed E-state index contributed by atoms with van der Waals surface area (Å²) in [6.45, 7) is 3.60. The third-order valence-corrected chi connectivity index (χ3v) is 2.65. The molecule has 0 aliphatic heterocycles. The summed E-state index contributed by atoms with van der Waals surface area (Å²) in [6.07, 6.45) is 1.38. The summed E-state index contributed by atoms with van der Waals surface area (Å²) < 4.78 is 4.96. The molecule has 1 aromatic rings. The molecular weight excluding hydrogens is 280 g/mol. The van der Waals surface area contributed by atoms with Gasteiger partial charge in [0.15, 0.2) is 11.5 Å². The van der Waals surface area contributed by atoms with Gasteiger partial charge in [-0.2, -0.15) is 5.26 Å². The van der Waals surface area contributed by atoms with Crippen LogP contribution in [0.4, 0.5) is 0 Å². The number of nitrogens with zero attached hydrogens (tertiary/aromatic N) is 1. The molecule has 0 bridgehead atoms. The molecule has 1 aromatic carbocycles. The minimum absolute atomic E-state index is 0.0532. The van der Waals surface area contributed by atoms with E-state index >= 15 is 0 Å². The van der Waals surface area contributed by atoms with Gasteiger partial charge in [-0.3, -0.25) is 4.79 Å². The number of ether oxygens (including phenoxy) is 1. The summed E-state index contributed by atoms with van der Waals surface area (Å²) in [5.74, 6) is -0.479. The third kappa shape index (κ3) is 3.90. The molecule has 0 spiro atoms. The van der Waals surface area contributed by atoms with E-state index < -0.39 is 5.91 Å². The Morgan fingerprint density at radius 3 is 2.70 bits per heavy atom. The zero-order valence-electron chi connectivity index (χ0n) is 11.4. The second kappa shape index (κ2) is 6.83. The molecule has 106 valence electrons. The van der Waals surface area contributed by atoms with Crippen LogP contribution < -0.4 is 10.1 Å². The summed E-state index contributed by atoms with van der Waals surface area (Å²) in [4.78, 5) is 11.8. The summed E-state index contributed by atoms with van der Waals surface area (Å²) in [7, 11) is 1.38. The van der Waals surface area contributed by atoms with Gasteiger partial charge in [0.05, 0.1) is 12.1 Å². The maximum Gasteiger partial charge on any atom is 0.262 e. The highest BCUT2D eigenvalue weighted by Gasteiger charge is 2.12. The second-order valence-corrected chi connectivity index (χ2v) is 4.76. The van der Waals surface area contributed by atoms with Crippen LogP contribution in [0.2, 0.25) is 5.02 Å². The normalized spacial score (nSPS) is 11.1. The number of amides is 1. The van der Waals surface area contributed by atoms with Crippen LogP contribution in [0.1, 0.15) is 19.4 Å². The van der Waals surface area contributed by atoms with E-state index in [1.54, 1.807) is 13.8 Å². The number of carbonyl (C=O) groups is 1. The molecule has 0 aromatic heterocycles. The monoisotopic (exact) mass is 294 g/mol. The van der Waals surface area contributed by atoms with Gasteiger partial charge in [-0.05, 0) is 37.6 Å². The predicted molar refractivity (Wildman–Crippen MR) is 76.5 cm³/mol. The number of carbonyl (C=O) groups excluding carboxylic acids is 1. The number of phenolic OH excluding ortho intramolecular Hbond substituents is 1. The SMILES string of the molecule is COc1cc(/C=C(\C#N)C(=O)NC(C)C)cc(Cl)c1O. The molecule has 20 heavy (non-hydrogen) atoms. The van der Waals surface area contributed by atoms with Crippen molar-refractivity contribution in [3.63, 3.8) is 0 Å². The van der Waals surface area contributed by atoms with E-state index in [-0.39, 0.29) is 28.1 Å². The highest BCUT2D eigenvalue weighted by molar-refractivity contribution is 6.32. The number of nitriles is 1. The molecule has 0 saturated carbocycles. The lowest BCUT2D eigenvalue weighted by molar-refractivity contribution is -0.117. The van der Waals surface area contributed by atoms with Crippen molar-refractivity contribution in [3.8, 4) is 17.6 Å². The van der Waals surface area contributed by atoms with E-state index in [1.165, 1.54) is 25.3 Å². The van der Waals surface area contributed by atoms with E-state index in [0.717, 1.165) is 0 Å². The van der Waals surface area contributed by atoms with Crippen molar-refractivity contribution in [1.29, 1.82) is 5.26 Å². The molecule has 0 atom stereocenters. The van der Waals surface area contributed by atoms with Gasteiger partial charge in [-0.1, -0.05) is 11.6 Å². The van der Waals surface area contributed by atoms with Crippen LogP contribution in [0.15, 0.2) is 17.7 Å². The molecule has 0 aliphatic rings. The number of hydrogen-bond donors (Lipinski definition) is 2. The minimum Gasteiger partial charge on any atom is -0.503 e. The van der Waals surface area contributed by atoms with E-state index in [9.17, 15) is 9.90 Å². The summed E-state index contributed by atoms with van der Waals surface area (Å²) in [6, 6.07) is 4.69. The lowest BCUT2D eigenvalue weighted by Crippen LogP contribution is -2.30. The zero-order valence-corrected chi connectivity index (χ0v) is 12.2. The Labute approximate surface area is 122 Å². The van der Waals surface area contributed by atoms with Crippen LogP contribution in [0, 0.1) is 11.3 Å². The molecule has 0 fully saturated rings. The largest absolute Gasteiger partial charge is 0.503 e. The Kier molecular flexibility index (Phi) is 5.42. The van der Waals surface area contributed by atoms with Crippen LogP contribution in [0.25, 0.3) is 6.08 Å². The fourth-order valence-electron chi connectivity index (χ4n) is 1.49. The number of hydrogen-bond acceptors (Lipinski definition) is 4. The molecule has 0 aliphatic carbocycles. The summed E-state index contributed by atoms with van der Waals surface area (Å²) >= 11 is 5.85. The van der Waals surface area contributed by atoms with Gasteiger partial charge in [-0.25, -0.2) is 0 Å². The van der Waals surface area contributed by atoms with Gasteiger partial charge in [0.25, 0.3) is 5.91 Å². The van der Waals surface area contributed by atoms with Crippen LogP contribution in [-0.2, 0) is 4.79 Å². The average molecular weight is 295 g/mol. The quantitative estimate of drug-likeness (QED) is 0.660. The van der Waals surface area contributed by atoms with Crippen molar-refractivity contribution >= 4 is 23.6 Å². The van der Waals surface area contributed by atoms with E-state index in [1.807, 2.05) is 6.07 Å². The first-order valence-corrected chi connectivity index (χ1v) is 6.26. The van der Waals surface area contributed by atoms with Crippen molar-refractivity contribution in [3.05, 3.63) is 28.3 Å². The molecule has 1 amide bonds. The third-order valence-electron chi connectivity index (χ3n) is 2.37. The van der Waals surface area contributed by atoms with Gasteiger partial charge >= 0.3 is 0 Å². The lowest BCUT2D eigenvalue weighted by atomic mass is 10.1. The van der Waals surface area contributed by atoms with Gasteiger partial charge in [0, 0.05) is 6.04 Å². The smallest absolute Gasteiger partial charge is 0.262 e. The minimum atomic E-state index is -0.467. The van der Waals surface area contributed by atoms with Gasteiger partial charge < -0.3 is 15.2 Å². The molecule has 6 heteroatoms. The zero-order chi connectivity index (χ0) is 15.3. The predicted octanol–water partition coefficient (Wildman–Crippen LogP) is 2.49. The number of benzene rings is 1. The standard InChI is InChI=1S/C14H15ClN2O3/c1-8(2)17-14(19)10(7-16)4-9-5-11(15)13(18)12(6-9)20-3/h4-6,8,18H,1-3H3,(H,17,19)/b10-4+. The molecule has 5 nitrogen and oxygen atoms in total. The second-order valence-electron chi connectivity index (χ2n) is 4.35. The number of phenols is 1. The topological polar surface area (TPSA) is 82.3 Å². The first kappa shape index (κ1) is 15.9. The molecule has 0 radical (unpaired) electrons. The average Bonchev–Trinajstić information content (AvgIpc) is 2.38. The molecular formula is C14H15ClN2O3. The number of methoxy groups -OCH3 is 1. The summed E-state index contributed by atoms with van der Waals surface area (Å²) in [5.41, 5.74) is 0.433. The van der Waals surface area contributed by atoms with Crippen molar-refractivity contribution in [2.45, 2.75) is 19.9 Å². The fraction of sp³-hybridized carbons (Fsp3) is 0.286. The number of rotatable bonds is 4. The van der Waals surface area contributed by atoms with Crippen LogP contribution in [0.3, 0.4) is 0 Å². The summed E-state index contributed by atoms with van der Waals surface area (Å²) in [5, 5.41) is 21.4. The fourth-order valence-corrected chi connectivity index (χ4v) is 1.71. The van der Waals surface area contributed by atoms with E-state index in [0.29, 0.717) is 5.56 Å². The van der Waals surface area contributed by atoms with Crippen molar-refractivity contribution in [1.82, 2.24) is 5.32 Å². The maximum atomic E-state index is 11.8. The first-order chi connectivity index (χ1) is 9.38. The molecule has 1 rings (SSSR count).